The van der Waals surface area contributed by atoms with Gasteiger partial charge in [-0.1, -0.05) is 140 Å². The van der Waals surface area contributed by atoms with Gasteiger partial charge in [0, 0.05) is 59.5 Å². The molecule has 0 spiro atoms. The van der Waals surface area contributed by atoms with Gasteiger partial charge >= 0.3 is 0 Å². The number of para-hydroxylation sites is 2. The molecule has 0 N–H and O–H groups in total. The van der Waals surface area contributed by atoms with Gasteiger partial charge in [-0.05, 0) is 94.0 Å². The van der Waals surface area contributed by atoms with Crippen LogP contribution in [-0.4, -0.2) is 0 Å². The van der Waals surface area contributed by atoms with Crippen LogP contribution in [0.5, 0.6) is 0 Å². The summed E-state index contributed by atoms with van der Waals surface area (Å²) in [5, 5.41) is 7.40. The molecule has 1 aliphatic carbocycles. The molecule has 0 aliphatic heterocycles. The minimum Gasteiger partial charge on any atom is -0.455 e. The van der Waals surface area contributed by atoms with E-state index in [1.165, 1.54) is 53.2 Å². The molecule has 2 heterocycles. The predicted octanol–water partition coefficient (Wildman–Crippen LogP) is 15.5. The Balaban J connectivity index is 1.09. The van der Waals surface area contributed by atoms with Gasteiger partial charge in [-0.25, -0.2) is 0 Å². The lowest BCUT2D eigenvalue weighted by molar-refractivity contribution is 0.670. The Labute approximate surface area is 323 Å². The van der Waals surface area contributed by atoms with Crippen molar-refractivity contribution in [3.8, 4) is 22.3 Å². The third-order valence-corrected chi connectivity index (χ3v) is 12.3. The Kier molecular flexibility index (Phi) is 7.53. The van der Waals surface area contributed by atoms with Gasteiger partial charge in [-0.15, -0.1) is 11.3 Å². The average Bonchev–Trinajstić information content (AvgIpc) is 3.82. The summed E-state index contributed by atoms with van der Waals surface area (Å²) in [4.78, 5) is 2.42. The minimum atomic E-state index is 0.224. The molecule has 0 saturated carbocycles. The second-order valence-corrected chi connectivity index (χ2v) is 15.5. The van der Waals surface area contributed by atoms with Gasteiger partial charge < -0.3 is 9.32 Å². The van der Waals surface area contributed by atoms with Crippen LogP contribution in [0, 0.1) is 0 Å². The first-order valence-electron chi connectivity index (χ1n) is 18.9. The standard InChI is InChI=1S/C52H35NOS/c1-2-12-36(13-3-1)48-32-40(27-29-42(48)46-17-10-18-47-43-15-6-8-19-49(43)54-52(46)47)53(41-28-30-45-44-16-7-9-20-50(44)55-51(45)33-41)39-25-23-35(24-26-39)38-22-21-34-11-4-5-14-37(34)31-38/h1-12,14-33,36H,13H2. The quantitative estimate of drug-likeness (QED) is 0.170. The van der Waals surface area contributed by atoms with Crippen LogP contribution in [0.25, 0.3) is 75.1 Å². The van der Waals surface area contributed by atoms with E-state index in [2.05, 4.69) is 193 Å². The Hall–Kier alpha value is -6.68. The van der Waals surface area contributed by atoms with Crippen LogP contribution in [0.15, 0.2) is 199 Å². The Bertz CT molecular complexity index is 3140. The number of anilines is 3. The van der Waals surface area contributed by atoms with E-state index in [-0.39, 0.29) is 5.92 Å². The maximum atomic E-state index is 6.59. The number of hydrogen-bond donors (Lipinski definition) is 0. The molecule has 11 rings (SSSR count). The number of furan rings is 1. The molecule has 55 heavy (non-hydrogen) atoms. The van der Waals surface area contributed by atoms with Gasteiger partial charge in [0.15, 0.2) is 0 Å². The molecule has 0 radical (unpaired) electrons. The largest absolute Gasteiger partial charge is 0.455 e. The van der Waals surface area contributed by atoms with Crippen molar-refractivity contribution in [3.63, 3.8) is 0 Å². The van der Waals surface area contributed by atoms with E-state index >= 15 is 0 Å². The fourth-order valence-electron chi connectivity index (χ4n) is 8.48. The zero-order chi connectivity index (χ0) is 36.3. The van der Waals surface area contributed by atoms with Crippen molar-refractivity contribution in [1.82, 2.24) is 0 Å². The van der Waals surface area contributed by atoms with Crippen LogP contribution < -0.4 is 4.90 Å². The summed E-state index contributed by atoms with van der Waals surface area (Å²) < 4.78 is 9.18. The van der Waals surface area contributed by atoms with E-state index in [1.807, 2.05) is 17.4 Å². The summed E-state index contributed by atoms with van der Waals surface area (Å²) in [5.41, 5.74) is 11.2. The van der Waals surface area contributed by atoms with E-state index < -0.39 is 0 Å². The van der Waals surface area contributed by atoms with Crippen molar-refractivity contribution < 1.29 is 4.42 Å². The number of hydrogen-bond acceptors (Lipinski definition) is 3. The van der Waals surface area contributed by atoms with Crippen LogP contribution in [0.2, 0.25) is 0 Å². The summed E-state index contributed by atoms with van der Waals surface area (Å²) in [6.07, 6.45) is 9.90. The molecular weight excluding hydrogens is 687 g/mol. The van der Waals surface area contributed by atoms with Gasteiger partial charge in [0.2, 0.25) is 0 Å². The molecule has 2 nitrogen and oxygen atoms in total. The van der Waals surface area contributed by atoms with E-state index in [4.69, 9.17) is 4.42 Å². The van der Waals surface area contributed by atoms with Crippen molar-refractivity contribution in [3.05, 3.63) is 200 Å². The van der Waals surface area contributed by atoms with Gasteiger partial charge in [0.25, 0.3) is 0 Å². The normalized spacial score (nSPS) is 14.1. The van der Waals surface area contributed by atoms with Crippen LogP contribution in [-0.2, 0) is 0 Å². The second-order valence-electron chi connectivity index (χ2n) is 14.4. The number of allylic oxidation sites excluding steroid dienone is 4. The highest BCUT2D eigenvalue weighted by Gasteiger charge is 2.22. The highest BCUT2D eigenvalue weighted by molar-refractivity contribution is 7.25. The summed E-state index contributed by atoms with van der Waals surface area (Å²) >= 11 is 1.86. The Morgan fingerprint density at radius 3 is 2.11 bits per heavy atom. The molecule has 2 aromatic heterocycles. The number of nitrogens with zero attached hydrogens (tertiary/aromatic N) is 1. The first kappa shape index (κ1) is 31.8. The monoisotopic (exact) mass is 721 g/mol. The number of fused-ring (bicyclic) bond motifs is 7. The van der Waals surface area contributed by atoms with Crippen LogP contribution in [0.3, 0.4) is 0 Å². The number of thiophene rings is 1. The smallest absolute Gasteiger partial charge is 0.143 e. The molecular formula is C52H35NOS. The molecule has 8 aromatic carbocycles. The van der Waals surface area contributed by atoms with Crippen molar-refractivity contribution in [2.45, 2.75) is 12.3 Å². The molecule has 0 amide bonds. The van der Waals surface area contributed by atoms with Gasteiger partial charge in [0.1, 0.15) is 11.2 Å². The molecule has 1 aliphatic rings. The molecule has 1 atom stereocenters. The summed E-state index contributed by atoms with van der Waals surface area (Å²) in [6.45, 7) is 0. The lowest BCUT2D eigenvalue weighted by atomic mass is 9.85. The summed E-state index contributed by atoms with van der Waals surface area (Å²) in [6, 6.07) is 61.9. The van der Waals surface area contributed by atoms with Crippen molar-refractivity contribution in [2.24, 2.45) is 0 Å². The van der Waals surface area contributed by atoms with Gasteiger partial charge in [-0.3, -0.25) is 0 Å². The van der Waals surface area contributed by atoms with E-state index in [0.29, 0.717) is 0 Å². The third kappa shape index (κ3) is 5.47. The fraction of sp³-hybridized carbons (Fsp3) is 0.0385. The molecule has 0 saturated heterocycles. The second kappa shape index (κ2) is 13.0. The molecule has 0 bridgehead atoms. The lowest BCUT2D eigenvalue weighted by Gasteiger charge is -2.28. The zero-order valence-electron chi connectivity index (χ0n) is 30.0. The van der Waals surface area contributed by atoms with E-state index in [1.54, 1.807) is 0 Å². The van der Waals surface area contributed by atoms with Gasteiger partial charge in [0.05, 0.1) is 0 Å². The zero-order valence-corrected chi connectivity index (χ0v) is 30.8. The summed E-state index contributed by atoms with van der Waals surface area (Å²) in [7, 11) is 0. The third-order valence-electron chi connectivity index (χ3n) is 11.2. The highest BCUT2D eigenvalue weighted by atomic mass is 32.1. The van der Waals surface area contributed by atoms with Crippen molar-refractivity contribution >= 4 is 81.3 Å². The topological polar surface area (TPSA) is 16.4 Å². The number of rotatable bonds is 6. The maximum Gasteiger partial charge on any atom is 0.143 e. The fourth-order valence-corrected chi connectivity index (χ4v) is 9.62. The van der Waals surface area contributed by atoms with Gasteiger partial charge in [-0.2, -0.15) is 0 Å². The van der Waals surface area contributed by atoms with Crippen LogP contribution in [0.4, 0.5) is 17.1 Å². The molecule has 260 valence electrons. The first-order valence-corrected chi connectivity index (χ1v) is 19.8. The van der Waals surface area contributed by atoms with Crippen molar-refractivity contribution in [1.29, 1.82) is 0 Å². The molecule has 1 unspecified atom stereocenters. The highest BCUT2D eigenvalue weighted by Crippen LogP contribution is 2.45. The maximum absolute atomic E-state index is 6.59. The predicted molar refractivity (Wildman–Crippen MR) is 235 cm³/mol. The molecule has 3 heteroatoms. The van der Waals surface area contributed by atoms with Crippen molar-refractivity contribution in [2.75, 3.05) is 4.90 Å². The minimum absolute atomic E-state index is 0.224. The van der Waals surface area contributed by atoms with Crippen LogP contribution >= 0.6 is 11.3 Å². The molecule has 0 fully saturated rings. The SMILES string of the molecule is C1=CCC(c2cc(N(c3ccc(-c4ccc5ccccc5c4)cc3)c3ccc4c(c3)sc3ccccc34)ccc2-c2cccc3c2oc2ccccc23)C=C1. The van der Waals surface area contributed by atoms with E-state index in [0.717, 1.165) is 51.0 Å². The lowest BCUT2D eigenvalue weighted by Crippen LogP contribution is -2.11. The Morgan fingerprint density at radius 2 is 1.22 bits per heavy atom. The van der Waals surface area contributed by atoms with E-state index in [9.17, 15) is 0 Å². The molecule has 10 aromatic rings. The van der Waals surface area contributed by atoms with Crippen LogP contribution in [0.1, 0.15) is 17.9 Å². The number of benzene rings is 8. The average molecular weight is 722 g/mol. The Morgan fingerprint density at radius 1 is 0.491 bits per heavy atom. The first-order chi connectivity index (χ1) is 27.2. The summed E-state index contributed by atoms with van der Waals surface area (Å²) in [5.74, 6) is 0.224.